The van der Waals surface area contributed by atoms with Crippen molar-refractivity contribution in [2.45, 2.75) is 0 Å². The lowest BCUT2D eigenvalue weighted by Gasteiger charge is -2.16. The number of anilines is 1. The van der Waals surface area contributed by atoms with Crippen molar-refractivity contribution in [3.63, 3.8) is 0 Å². The predicted molar refractivity (Wildman–Crippen MR) is 82.1 cm³/mol. The molecule has 0 saturated heterocycles. The molecule has 0 atom stereocenters. The molecule has 2 aromatic rings. The van der Waals surface area contributed by atoms with Gasteiger partial charge in [-0.15, -0.1) is 10.2 Å². The summed E-state index contributed by atoms with van der Waals surface area (Å²) >= 11 is 3.44. The number of likely N-dealkylation sites (N-methyl/N-ethyl adjacent to an activating group) is 1. The lowest BCUT2D eigenvalue weighted by Crippen LogP contribution is -2.22. The highest BCUT2D eigenvalue weighted by atomic mass is 79.9. The molecule has 0 fully saturated rings. The molecule has 1 aromatic heterocycles. The molecule has 0 aliphatic heterocycles. The summed E-state index contributed by atoms with van der Waals surface area (Å²) < 4.78 is 6.29. The van der Waals surface area contributed by atoms with Crippen LogP contribution in [0.5, 0.6) is 5.75 Å². The first-order valence-electron chi connectivity index (χ1n) is 6.15. The van der Waals surface area contributed by atoms with E-state index in [0.717, 1.165) is 27.3 Å². The van der Waals surface area contributed by atoms with Crippen LogP contribution in [0.4, 0.5) is 5.82 Å². The highest BCUT2D eigenvalue weighted by Gasteiger charge is 2.10. The fraction of sp³-hybridized carbons (Fsp3) is 0.286. The third-order valence-corrected chi connectivity index (χ3v) is 3.41. The maximum Gasteiger partial charge on any atom is 0.151 e. The van der Waals surface area contributed by atoms with Gasteiger partial charge in [0.15, 0.2) is 5.82 Å². The predicted octanol–water partition coefficient (Wildman–Crippen LogP) is 2.34. The molecule has 0 aliphatic carbocycles. The van der Waals surface area contributed by atoms with Crippen LogP contribution in [0.15, 0.2) is 34.8 Å². The molecular weight excluding hydrogens is 322 g/mol. The van der Waals surface area contributed by atoms with E-state index in [1.54, 1.807) is 7.11 Å². The summed E-state index contributed by atoms with van der Waals surface area (Å²) in [6.07, 6.45) is 0. The molecule has 1 N–H and O–H groups in total. The summed E-state index contributed by atoms with van der Waals surface area (Å²) in [5.74, 6) is 1.47. The molecule has 0 aliphatic rings. The molecule has 0 amide bonds. The molecule has 0 saturated carbocycles. The highest BCUT2D eigenvalue weighted by Crippen LogP contribution is 2.31. The number of benzene rings is 1. The van der Waals surface area contributed by atoms with Gasteiger partial charge < -0.3 is 14.7 Å². The average Bonchev–Trinajstić information content (AvgIpc) is 2.47. The van der Waals surface area contributed by atoms with Crippen LogP contribution in [0.1, 0.15) is 0 Å². The summed E-state index contributed by atoms with van der Waals surface area (Å²) in [5.41, 5.74) is 1.62. The smallest absolute Gasteiger partial charge is 0.151 e. The second-order valence-corrected chi connectivity index (χ2v) is 5.18. The molecule has 0 spiro atoms. The maximum atomic E-state index is 8.92. The van der Waals surface area contributed by atoms with Crippen LogP contribution < -0.4 is 9.64 Å². The number of aliphatic hydroxyl groups excluding tert-OH is 1. The van der Waals surface area contributed by atoms with E-state index in [1.807, 2.05) is 42.3 Å². The van der Waals surface area contributed by atoms with Crippen molar-refractivity contribution in [1.82, 2.24) is 10.2 Å². The standard InChI is InChI=1S/C14H16BrN3O2/c1-18(7-8-19)14-6-4-12(16-17-14)11-9-10(15)3-5-13(11)20-2/h3-6,9,19H,7-8H2,1-2H3. The SMILES string of the molecule is COc1ccc(Br)cc1-c1ccc(N(C)CCO)nn1. The van der Waals surface area contributed by atoms with E-state index in [4.69, 9.17) is 9.84 Å². The van der Waals surface area contributed by atoms with Gasteiger partial charge in [-0.1, -0.05) is 15.9 Å². The van der Waals surface area contributed by atoms with E-state index in [1.165, 1.54) is 0 Å². The largest absolute Gasteiger partial charge is 0.496 e. The van der Waals surface area contributed by atoms with E-state index >= 15 is 0 Å². The van der Waals surface area contributed by atoms with Gasteiger partial charge in [0.1, 0.15) is 5.75 Å². The maximum absolute atomic E-state index is 8.92. The second kappa shape index (κ2) is 6.67. The normalized spacial score (nSPS) is 10.4. The van der Waals surface area contributed by atoms with E-state index in [-0.39, 0.29) is 6.61 Å². The van der Waals surface area contributed by atoms with Gasteiger partial charge in [0.25, 0.3) is 0 Å². The van der Waals surface area contributed by atoms with Gasteiger partial charge in [0.2, 0.25) is 0 Å². The fourth-order valence-corrected chi connectivity index (χ4v) is 2.18. The Kier molecular flexibility index (Phi) is 4.92. The summed E-state index contributed by atoms with van der Waals surface area (Å²) in [6, 6.07) is 9.50. The number of methoxy groups -OCH3 is 1. The Bertz CT molecular complexity index is 575. The number of aromatic nitrogens is 2. The molecule has 0 radical (unpaired) electrons. The summed E-state index contributed by atoms with van der Waals surface area (Å²) in [6.45, 7) is 0.605. The number of nitrogens with zero attached hydrogens (tertiary/aromatic N) is 3. The Morgan fingerprint density at radius 3 is 2.65 bits per heavy atom. The van der Waals surface area contributed by atoms with Crippen LogP contribution in [-0.2, 0) is 0 Å². The first-order chi connectivity index (χ1) is 9.65. The van der Waals surface area contributed by atoms with E-state index in [0.29, 0.717) is 6.54 Å². The first-order valence-corrected chi connectivity index (χ1v) is 6.94. The number of hydrogen-bond acceptors (Lipinski definition) is 5. The summed E-state index contributed by atoms with van der Waals surface area (Å²) in [4.78, 5) is 1.84. The van der Waals surface area contributed by atoms with E-state index in [2.05, 4.69) is 26.1 Å². The number of ether oxygens (including phenoxy) is 1. The number of hydrogen-bond donors (Lipinski definition) is 1. The number of aliphatic hydroxyl groups is 1. The van der Waals surface area contributed by atoms with Crippen LogP contribution in [0.3, 0.4) is 0 Å². The Morgan fingerprint density at radius 2 is 2.05 bits per heavy atom. The Morgan fingerprint density at radius 1 is 1.25 bits per heavy atom. The molecule has 20 heavy (non-hydrogen) atoms. The summed E-state index contributed by atoms with van der Waals surface area (Å²) in [7, 11) is 3.49. The van der Waals surface area contributed by atoms with Crippen molar-refractivity contribution < 1.29 is 9.84 Å². The van der Waals surface area contributed by atoms with Crippen molar-refractivity contribution in [2.75, 3.05) is 32.2 Å². The lowest BCUT2D eigenvalue weighted by molar-refractivity contribution is 0.303. The molecule has 0 bridgehead atoms. The monoisotopic (exact) mass is 337 g/mol. The van der Waals surface area contributed by atoms with Crippen molar-refractivity contribution >= 4 is 21.7 Å². The fourth-order valence-electron chi connectivity index (χ4n) is 1.82. The van der Waals surface area contributed by atoms with Crippen LogP contribution in [0.2, 0.25) is 0 Å². The van der Waals surface area contributed by atoms with Crippen molar-refractivity contribution in [3.8, 4) is 17.0 Å². The average molecular weight is 338 g/mol. The van der Waals surface area contributed by atoms with Crippen molar-refractivity contribution in [3.05, 3.63) is 34.8 Å². The van der Waals surface area contributed by atoms with Gasteiger partial charge in [-0.2, -0.15) is 0 Å². The van der Waals surface area contributed by atoms with Gasteiger partial charge in [0, 0.05) is 23.6 Å². The van der Waals surface area contributed by atoms with Gasteiger partial charge in [-0.25, -0.2) is 0 Å². The van der Waals surface area contributed by atoms with Crippen molar-refractivity contribution in [1.29, 1.82) is 0 Å². The Labute approximate surface area is 126 Å². The van der Waals surface area contributed by atoms with E-state index < -0.39 is 0 Å². The lowest BCUT2D eigenvalue weighted by atomic mass is 10.1. The van der Waals surface area contributed by atoms with Crippen LogP contribution in [-0.4, -0.2) is 42.6 Å². The zero-order chi connectivity index (χ0) is 14.5. The highest BCUT2D eigenvalue weighted by molar-refractivity contribution is 9.10. The zero-order valence-electron chi connectivity index (χ0n) is 11.4. The molecule has 5 nitrogen and oxygen atoms in total. The van der Waals surface area contributed by atoms with Gasteiger partial charge >= 0.3 is 0 Å². The molecule has 1 aromatic carbocycles. The topological polar surface area (TPSA) is 58.5 Å². The Hall–Kier alpha value is -1.66. The minimum absolute atomic E-state index is 0.0827. The minimum Gasteiger partial charge on any atom is -0.496 e. The number of halogens is 1. The number of rotatable bonds is 5. The molecule has 6 heteroatoms. The third kappa shape index (κ3) is 3.26. The molecular formula is C14H16BrN3O2. The quantitative estimate of drug-likeness (QED) is 0.907. The van der Waals surface area contributed by atoms with Gasteiger partial charge in [-0.05, 0) is 30.3 Å². The minimum atomic E-state index is 0.0827. The Balaban J connectivity index is 2.32. The van der Waals surface area contributed by atoms with Crippen LogP contribution in [0, 0.1) is 0 Å². The van der Waals surface area contributed by atoms with E-state index in [9.17, 15) is 0 Å². The zero-order valence-corrected chi connectivity index (χ0v) is 13.0. The first kappa shape index (κ1) is 14.7. The third-order valence-electron chi connectivity index (χ3n) is 2.91. The molecule has 2 rings (SSSR count). The second-order valence-electron chi connectivity index (χ2n) is 4.27. The van der Waals surface area contributed by atoms with Crippen molar-refractivity contribution in [2.24, 2.45) is 0 Å². The molecule has 1 heterocycles. The molecule has 0 unspecified atom stereocenters. The summed E-state index contributed by atoms with van der Waals surface area (Å²) in [5, 5.41) is 17.3. The molecule has 106 valence electrons. The van der Waals surface area contributed by atoms with Gasteiger partial charge in [-0.3, -0.25) is 0 Å². The van der Waals surface area contributed by atoms with Gasteiger partial charge in [0.05, 0.1) is 19.4 Å². The van der Waals surface area contributed by atoms with Crippen LogP contribution >= 0.6 is 15.9 Å². The van der Waals surface area contributed by atoms with Crippen LogP contribution in [0.25, 0.3) is 11.3 Å².